The van der Waals surface area contributed by atoms with E-state index in [2.05, 4.69) is 40.3 Å². The lowest BCUT2D eigenvalue weighted by Crippen LogP contribution is -2.32. The molecule has 19 heavy (non-hydrogen) atoms. The molecule has 1 aromatic rings. The van der Waals surface area contributed by atoms with Crippen LogP contribution in [0.15, 0.2) is 16.6 Å². The van der Waals surface area contributed by atoms with Gasteiger partial charge in [-0.3, -0.25) is 0 Å². The normalized spacial score (nSPS) is 15.1. The predicted octanol–water partition coefficient (Wildman–Crippen LogP) is 2.94. The Morgan fingerprint density at radius 1 is 1.47 bits per heavy atom. The molecule has 1 atom stereocenters. The summed E-state index contributed by atoms with van der Waals surface area (Å²) in [5.74, 6) is 1.08. The van der Waals surface area contributed by atoms with Crippen LogP contribution in [-0.2, 0) is 17.6 Å². The van der Waals surface area contributed by atoms with E-state index in [0.717, 1.165) is 49.3 Å². The minimum Gasteiger partial charge on any atom is -0.493 e. The van der Waals surface area contributed by atoms with Crippen molar-refractivity contribution >= 4 is 15.9 Å². The maximum Gasteiger partial charge on any atom is 0.125 e. The molecular weight excluding hydrogens is 306 g/mol. The fourth-order valence-electron chi connectivity index (χ4n) is 2.38. The molecule has 0 bridgehead atoms. The number of ether oxygens (including phenoxy) is 2. The van der Waals surface area contributed by atoms with Crippen molar-refractivity contribution in [1.82, 2.24) is 5.32 Å². The molecule has 1 aliphatic rings. The first-order valence-electron chi connectivity index (χ1n) is 6.93. The van der Waals surface area contributed by atoms with Crippen LogP contribution in [0.25, 0.3) is 0 Å². The topological polar surface area (TPSA) is 30.5 Å². The van der Waals surface area contributed by atoms with Crippen molar-refractivity contribution in [3.8, 4) is 5.75 Å². The minimum absolute atomic E-state index is 0.328. The van der Waals surface area contributed by atoms with E-state index < -0.39 is 0 Å². The van der Waals surface area contributed by atoms with Gasteiger partial charge in [-0.2, -0.15) is 0 Å². The largest absolute Gasteiger partial charge is 0.493 e. The second-order valence-electron chi connectivity index (χ2n) is 4.92. The zero-order chi connectivity index (χ0) is 13.7. The van der Waals surface area contributed by atoms with Gasteiger partial charge >= 0.3 is 0 Å². The minimum atomic E-state index is 0.328. The van der Waals surface area contributed by atoms with Gasteiger partial charge in [0.25, 0.3) is 0 Å². The highest BCUT2D eigenvalue weighted by Crippen LogP contribution is 2.33. The Labute approximate surface area is 123 Å². The summed E-state index contributed by atoms with van der Waals surface area (Å²) in [5, 5.41) is 3.32. The maximum absolute atomic E-state index is 5.77. The molecule has 1 unspecified atom stereocenters. The van der Waals surface area contributed by atoms with Crippen LogP contribution in [0.3, 0.4) is 0 Å². The van der Waals surface area contributed by atoms with Crippen molar-refractivity contribution < 1.29 is 9.47 Å². The molecule has 3 nitrogen and oxygen atoms in total. The highest BCUT2D eigenvalue weighted by atomic mass is 79.9. The molecule has 0 saturated carbocycles. The Hall–Kier alpha value is -0.580. The van der Waals surface area contributed by atoms with Crippen LogP contribution < -0.4 is 10.1 Å². The molecule has 1 aromatic carbocycles. The molecule has 2 rings (SSSR count). The standard InChI is InChI=1S/C15H22BrNO2/c1-3-5-18-10-14(17-2)9-12-8-13(16)7-11-4-6-19-15(11)12/h7-8,14,17H,3-6,9-10H2,1-2H3. The van der Waals surface area contributed by atoms with Gasteiger partial charge in [0.05, 0.1) is 13.2 Å². The number of benzene rings is 1. The Morgan fingerprint density at radius 3 is 3.05 bits per heavy atom. The lowest BCUT2D eigenvalue weighted by molar-refractivity contribution is 0.113. The molecule has 1 heterocycles. The van der Waals surface area contributed by atoms with E-state index in [4.69, 9.17) is 9.47 Å². The van der Waals surface area contributed by atoms with Gasteiger partial charge in [-0.1, -0.05) is 22.9 Å². The van der Waals surface area contributed by atoms with E-state index in [1.54, 1.807) is 0 Å². The van der Waals surface area contributed by atoms with E-state index in [9.17, 15) is 0 Å². The quantitative estimate of drug-likeness (QED) is 0.781. The van der Waals surface area contributed by atoms with Gasteiger partial charge < -0.3 is 14.8 Å². The first-order valence-corrected chi connectivity index (χ1v) is 7.73. The number of likely N-dealkylation sites (N-methyl/N-ethyl adjacent to an activating group) is 1. The first kappa shape index (κ1) is 14.8. The lowest BCUT2D eigenvalue weighted by atomic mass is 10.0. The van der Waals surface area contributed by atoms with Crippen LogP contribution in [0.1, 0.15) is 24.5 Å². The Kier molecular flexibility index (Phi) is 5.67. The summed E-state index contributed by atoms with van der Waals surface area (Å²) in [4.78, 5) is 0. The Morgan fingerprint density at radius 2 is 2.32 bits per heavy atom. The fourth-order valence-corrected chi connectivity index (χ4v) is 2.93. The maximum atomic E-state index is 5.77. The lowest BCUT2D eigenvalue weighted by Gasteiger charge is -2.18. The van der Waals surface area contributed by atoms with E-state index in [1.807, 2.05) is 7.05 Å². The van der Waals surface area contributed by atoms with Gasteiger partial charge in [-0.25, -0.2) is 0 Å². The third-order valence-corrected chi connectivity index (χ3v) is 3.83. The average Bonchev–Trinajstić information content (AvgIpc) is 2.85. The predicted molar refractivity (Wildman–Crippen MR) is 81.0 cm³/mol. The summed E-state index contributed by atoms with van der Waals surface area (Å²) in [6.45, 7) is 4.50. The number of hydrogen-bond donors (Lipinski definition) is 1. The smallest absolute Gasteiger partial charge is 0.125 e. The Bertz CT molecular complexity index is 423. The molecule has 0 radical (unpaired) electrons. The number of halogens is 1. The Balaban J connectivity index is 2.05. The fraction of sp³-hybridized carbons (Fsp3) is 0.600. The number of fused-ring (bicyclic) bond motifs is 1. The van der Waals surface area contributed by atoms with Gasteiger partial charge in [-0.15, -0.1) is 0 Å². The van der Waals surface area contributed by atoms with Crippen molar-refractivity contribution in [2.24, 2.45) is 0 Å². The van der Waals surface area contributed by atoms with Crippen LogP contribution in [0.4, 0.5) is 0 Å². The molecule has 1 aliphatic heterocycles. The number of nitrogens with one attached hydrogen (secondary N) is 1. The van der Waals surface area contributed by atoms with E-state index >= 15 is 0 Å². The molecule has 0 amide bonds. The first-order chi connectivity index (χ1) is 9.24. The zero-order valence-corrected chi connectivity index (χ0v) is 13.3. The zero-order valence-electron chi connectivity index (χ0n) is 11.7. The van der Waals surface area contributed by atoms with Gasteiger partial charge in [-0.05, 0) is 43.1 Å². The molecule has 0 aromatic heterocycles. The molecule has 106 valence electrons. The van der Waals surface area contributed by atoms with Crippen LogP contribution >= 0.6 is 15.9 Å². The molecule has 0 spiro atoms. The molecule has 1 N–H and O–H groups in total. The second-order valence-corrected chi connectivity index (χ2v) is 5.83. The summed E-state index contributed by atoms with van der Waals surface area (Å²) >= 11 is 3.58. The third-order valence-electron chi connectivity index (χ3n) is 3.37. The van der Waals surface area contributed by atoms with Gasteiger partial charge in [0.15, 0.2) is 0 Å². The summed E-state index contributed by atoms with van der Waals surface area (Å²) in [7, 11) is 1.99. The summed E-state index contributed by atoms with van der Waals surface area (Å²) in [6, 6.07) is 4.65. The SMILES string of the molecule is CCCOCC(Cc1cc(Br)cc2c1OCC2)NC. The molecule has 0 fully saturated rings. The van der Waals surface area contributed by atoms with Gasteiger partial charge in [0, 0.05) is 23.5 Å². The monoisotopic (exact) mass is 327 g/mol. The summed E-state index contributed by atoms with van der Waals surface area (Å²) in [6.07, 6.45) is 3.01. The van der Waals surface area contributed by atoms with Crippen molar-refractivity contribution in [2.75, 3.05) is 26.9 Å². The highest BCUT2D eigenvalue weighted by Gasteiger charge is 2.19. The second kappa shape index (κ2) is 7.27. The average molecular weight is 328 g/mol. The van der Waals surface area contributed by atoms with Crippen LogP contribution in [0.2, 0.25) is 0 Å². The number of rotatable bonds is 7. The molecule has 0 aliphatic carbocycles. The van der Waals surface area contributed by atoms with E-state index in [1.165, 1.54) is 11.1 Å². The van der Waals surface area contributed by atoms with Crippen LogP contribution in [0.5, 0.6) is 5.75 Å². The summed E-state index contributed by atoms with van der Waals surface area (Å²) in [5.41, 5.74) is 2.58. The van der Waals surface area contributed by atoms with Crippen molar-refractivity contribution in [3.05, 3.63) is 27.7 Å². The number of hydrogen-bond acceptors (Lipinski definition) is 3. The van der Waals surface area contributed by atoms with Crippen molar-refractivity contribution in [3.63, 3.8) is 0 Å². The van der Waals surface area contributed by atoms with Gasteiger partial charge in [0.2, 0.25) is 0 Å². The van der Waals surface area contributed by atoms with E-state index in [-0.39, 0.29) is 0 Å². The molecule has 0 saturated heterocycles. The third kappa shape index (κ3) is 3.94. The van der Waals surface area contributed by atoms with Gasteiger partial charge in [0.1, 0.15) is 5.75 Å². The van der Waals surface area contributed by atoms with Crippen LogP contribution in [-0.4, -0.2) is 32.9 Å². The van der Waals surface area contributed by atoms with Crippen molar-refractivity contribution in [1.29, 1.82) is 0 Å². The highest BCUT2D eigenvalue weighted by molar-refractivity contribution is 9.10. The molecule has 4 heteroatoms. The summed E-state index contributed by atoms with van der Waals surface area (Å²) < 4.78 is 12.5. The molecular formula is C15H22BrNO2. The van der Waals surface area contributed by atoms with Crippen molar-refractivity contribution in [2.45, 2.75) is 32.2 Å². The van der Waals surface area contributed by atoms with E-state index in [0.29, 0.717) is 6.04 Å². The van der Waals surface area contributed by atoms with Crippen LogP contribution in [0, 0.1) is 0 Å².